The molecule has 0 unspecified atom stereocenters. The number of thiocarbonyl (C=S) groups is 1. The van der Waals surface area contributed by atoms with E-state index in [1.165, 1.54) is 24.1 Å². The van der Waals surface area contributed by atoms with Crippen molar-refractivity contribution in [1.29, 1.82) is 0 Å². The summed E-state index contributed by atoms with van der Waals surface area (Å²) >= 11 is 5.15. The Morgan fingerprint density at radius 3 is 3.00 bits per heavy atom. The van der Waals surface area contributed by atoms with Gasteiger partial charge in [0, 0.05) is 25.5 Å². The van der Waals surface area contributed by atoms with E-state index >= 15 is 0 Å². The fourth-order valence-electron chi connectivity index (χ4n) is 2.48. The van der Waals surface area contributed by atoms with E-state index in [0.717, 1.165) is 50.4 Å². The molecule has 110 valence electrons. The first-order valence-electron chi connectivity index (χ1n) is 7.36. The van der Waals surface area contributed by atoms with Crippen LogP contribution in [0.5, 0.6) is 0 Å². The van der Waals surface area contributed by atoms with Crippen molar-refractivity contribution in [3.05, 3.63) is 22.9 Å². The van der Waals surface area contributed by atoms with Gasteiger partial charge in [0.2, 0.25) is 0 Å². The van der Waals surface area contributed by atoms with Crippen LogP contribution < -0.4 is 11.1 Å². The van der Waals surface area contributed by atoms with E-state index in [1.54, 1.807) is 0 Å². The Morgan fingerprint density at radius 2 is 2.25 bits per heavy atom. The first kappa shape index (κ1) is 15.2. The molecule has 1 aliphatic carbocycles. The van der Waals surface area contributed by atoms with Crippen LogP contribution in [-0.2, 0) is 17.6 Å². The van der Waals surface area contributed by atoms with E-state index < -0.39 is 0 Å². The molecule has 0 saturated carbocycles. The lowest BCUT2D eigenvalue weighted by Gasteiger charge is -2.19. The number of nitrogens with zero attached hydrogens (tertiary/aromatic N) is 1. The van der Waals surface area contributed by atoms with Crippen molar-refractivity contribution in [2.24, 2.45) is 5.73 Å². The first-order chi connectivity index (χ1) is 9.72. The van der Waals surface area contributed by atoms with E-state index in [-0.39, 0.29) is 0 Å². The van der Waals surface area contributed by atoms with Crippen molar-refractivity contribution in [3.8, 4) is 0 Å². The number of anilines is 1. The Labute approximate surface area is 126 Å². The molecular weight excluding hydrogens is 270 g/mol. The molecule has 5 heteroatoms. The van der Waals surface area contributed by atoms with Gasteiger partial charge < -0.3 is 15.8 Å². The Kier molecular flexibility index (Phi) is 5.73. The van der Waals surface area contributed by atoms with Crippen molar-refractivity contribution in [3.63, 3.8) is 0 Å². The lowest BCUT2D eigenvalue weighted by molar-refractivity contribution is 0.147. The summed E-state index contributed by atoms with van der Waals surface area (Å²) in [6.07, 6.45) is 5.54. The minimum absolute atomic E-state index is 0.415. The molecule has 3 N–H and O–H groups in total. The number of hydrogen-bond donors (Lipinski definition) is 2. The third-order valence-electron chi connectivity index (χ3n) is 3.53. The van der Waals surface area contributed by atoms with E-state index in [9.17, 15) is 0 Å². The number of ether oxygens (including phenoxy) is 1. The third-order valence-corrected chi connectivity index (χ3v) is 3.75. The van der Waals surface area contributed by atoms with Crippen LogP contribution in [0.2, 0.25) is 0 Å². The molecule has 0 spiro atoms. The predicted octanol–water partition coefficient (Wildman–Crippen LogP) is 2.43. The van der Waals surface area contributed by atoms with Crippen molar-refractivity contribution in [2.45, 2.75) is 39.0 Å². The van der Waals surface area contributed by atoms with Gasteiger partial charge in [0.05, 0.1) is 5.56 Å². The van der Waals surface area contributed by atoms with Crippen molar-refractivity contribution in [2.75, 3.05) is 25.1 Å². The number of aromatic nitrogens is 1. The van der Waals surface area contributed by atoms with Gasteiger partial charge in [-0.2, -0.15) is 0 Å². The second-order valence-corrected chi connectivity index (χ2v) is 5.48. The zero-order valence-corrected chi connectivity index (χ0v) is 12.9. The predicted molar refractivity (Wildman–Crippen MR) is 86.4 cm³/mol. The van der Waals surface area contributed by atoms with Crippen LogP contribution in [0.1, 0.15) is 43.0 Å². The topological polar surface area (TPSA) is 60.2 Å². The molecule has 1 aliphatic rings. The van der Waals surface area contributed by atoms with Gasteiger partial charge in [-0.3, -0.25) is 0 Å². The number of rotatable bonds is 7. The van der Waals surface area contributed by atoms with Crippen LogP contribution in [0.3, 0.4) is 0 Å². The summed E-state index contributed by atoms with van der Waals surface area (Å²) in [6.45, 7) is 4.34. The van der Waals surface area contributed by atoms with Crippen LogP contribution in [0, 0.1) is 0 Å². The lowest BCUT2D eigenvalue weighted by atomic mass is 9.94. The normalized spacial score (nSPS) is 13.8. The molecule has 0 fully saturated rings. The molecule has 0 bridgehead atoms. The summed E-state index contributed by atoms with van der Waals surface area (Å²) in [6, 6.07) is 2.12. The summed E-state index contributed by atoms with van der Waals surface area (Å²) in [5.41, 5.74) is 9.20. The zero-order valence-electron chi connectivity index (χ0n) is 12.1. The van der Waals surface area contributed by atoms with Gasteiger partial charge in [-0.15, -0.1) is 0 Å². The molecule has 0 atom stereocenters. The van der Waals surface area contributed by atoms with Gasteiger partial charge in [-0.1, -0.05) is 12.2 Å². The van der Waals surface area contributed by atoms with Crippen LogP contribution in [0.25, 0.3) is 0 Å². The van der Waals surface area contributed by atoms with Crippen LogP contribution in [0.4, 0.5) is 5.82 Å². The van der Waals surface area contributed by atoms with Gasteiger partial charge >= 0.3 is 0 Å². The Morgan fingerprint density at radius 1 is 1.45 bits per heavy atom. The first-order valence-corrected chi connectivity index (χ1v) is 7.77. The molecule has 2 rings (SSSR count). The molecule has 20 heavy (non-hydrogen) atoms. The maximum Gasteiger partial charge on any atom is 0.136 e. The number of nitrogens with one attached hydrogen (secondary N) is 1. The maximum absolute atomic E-state index is 5.83. The minimum Gasteiger partial charge on any atom is -0.389 e. The van der Waals surface area contributed by atoms with Gasteiger partial charge in [-0.05, 0) is 50.7 Å². The molecular formula is C15H23N3OS. The second kappa shape index (κ2) is 7.55. The maximum atomic E-state index is 5.83. The fourth-order valence-corrected chi connectivity index (χ4v) is 2.64. The Bertz CT molecular complexity index is 476. The van der Waals surface area contributed by atoms with Gasteiger partial charge in [-0.25, -0.2) is 4.98 Å². The van der Waals surface area contributed by atoms with Gasteiger partial charge in [0.15, 0.2) is 0 Å². The van der Waals surface area contributed by atoms with E-state index in [4.69, 9.17) is 27.7 Å². The summed E-state index contributed by atoms with van der Waals surface area (Å²) in [5, 5.41) is 3.35. The second-order valence-electron chi connectivity index (χ2n) is 5.04. The number of aryl methyl sites for hydroxylation is 2. The molecule has 0 aromatic carbocycles. The average Bonchev–Trinajstić information content (AvgIpc) is 2.46. The monoisotopic (exact) mass is 293 g/mol. The van der Waals surface area contributed by atoms with Crippen molar-refractivity contribution in [1.82, 2.24) is 4.98 Å². The Hall–Kier alpha value is -1.20. The molecule has 0 amide bonds. The molecule has 4 nitrogen and oxygen atoms in total. The molecule has 1 aromatic rings. The van der Waals surface area contributed by atoms with Crippen LogP contribution in [-0.4, -0.2) is 29.7 Å². The van der Waals surface area contributed by atoms with Gasteiger partial charge in [0.25, 0.3) is 0 Å². The number of fused-ring (bicyclic) bond motifs is 1. The molecule has 0 saturated heterocycles. The summed E-state index contributed by atoms with van der Waals surface area (Å²) in [4.78, 5) is 5.15. The fraction of sp³-hybridized carbons (Fsp3) is 0.600. The summed E-state index contributed by atoms with van der Waals surface area (Å²) in [7, 11) is 0. The van der Waals surface area contributed by atoms with Gasteiger partial charge in [0.1, 0.15) is 10.8 Å². The minimum atomic E-state index is 0.415. The average molecular weight is 293 g/mol. The smallest absolute Gasteiger partial charge is 0.136 e. The Balaban J connectivity index is 2.07. The quantitative estimate of drug-likeness (QED) is 0.597. The highest BCUT2D eigenvalue weighted by Gasteiger charge is 2.16. The summed E-state index contributed by atoms with van der Waals surface area (Å²) in [5.74, 6) is 0.828. The van der Waals surface area contributed by atoms with E-state index in [0.29, 0.717) is 4.99 Å². The van der Waals surface area contributed by atoms with E-state index in [2.05, 4.69) is 11.4 Å². The lowest BCUT2D eigenvalue weighted by Crippen LogP contribution is -2.18. The zero-order chi connectivity index (χ0) is 14.4. The molecule has 0 radical (unpaired) electrons. The van der Waals surface area contributed by atoms with Crippen molar-refractivity contribution >= 4 is 23.0 Å². The standard InChI is InChI=1S/C15H23N3OS/c1-2-19-9-5-8-17-15-12(14(16)20)10-11-6-3-4-7-13(11)18-15/h10H,2-9H2,1H3,(H2,16,20)(H,17,18). The highest BCUT2D eigenvalue weighted by Crippen LogP contribution is 2.24. The number of pyridine rings is 1. The van der Waals surface area contributed by atoms with Crippen molar-refractivity contribution < 1.29 is 4.74 Å². The number of nitrogens with two attached hydrogens (primary N) is 1. The van der Waals surface area contributed by atoms with Crippen LogP contribution in [0.15, 0.2) is 6.07 Å². The summed E-state index contributed by atoms with van der Waals surface area (Å²) < 4.78 is 5.33. The van der Waals surface area contributed by atoms with Crippen LogP contribution >= 0.6 is 12.2 Å². The number of hydrogen-bond acceptors (Lipinski definition) is 4. The highest BCUT2D eigenvalue weighted by atomic mass is 32.1. The highest BCUT2D eigenvalue weighted by molar-refractivity contribution is 7.80. The SMILES string of the molecule is CCOCCCNc1nc2c(cc1C(N)=S)CCCC2. The molecule has 1 heterocycles. The largest absolute Gasteiger partial charge is 0.389 e. The third kappa shape index (κ3) is 3.90. The molecule has 1 aromatic heterocycles. The van der Waals surface area contributed by atoms with E-state index in [1.807, 2.05) is 6.92 Å². The molecule has 0 aliphatic heterocycles.